The summed E-state index contributed by atoms with van der Waals surface area (Å²) in [6.07, 6.45) is 1.11. The third-order valence-corrected chi connectivity index (χ3v) is 9.12. The summed E-state index contributed by atoms with van der Waals surface area (Å²) in [7, 11) is 1.63. The minimum absolute atomic E-state index is 0.0110. The van der Waals surface area contributed by atoms with Crippen molar-refractivity contribution in [1.82, 2.24) is 20.2 Å². The van der Waals surface area contributed by atoms with E-state index in [1.807, 2.05) is 0 Å². The van der Waals surface area contributed by atoms with Crippen molar-refractivity contribution in [1.29, 1.82) is 0 Å². The van der Waals surface area contributed by atoms with Gasteiger partial charge in [0.15, 0.2) is 0 Å². The van der Waals surface area contributed by atoms with Gasteiger partial charge in [0.05, 0.1) is 32.3 Å². The van der Waals surface area contributed by atoms with Crippen molar-refractivity contribution in [3.05, 3.63) is 47.3 Å². The second kappa shape index (κ2) is 18.6. The molecule has 268 valence electrons. The largest absolute Gasteiger partial charge is 0.493 e. The molecular weight excluding hydrogens is 632 g/mol. The summed E-state index contributed by atoms with van der Waals surface area (Å²) >= 11 is 0. The van der Waals surface area contributed by atoms with Crippen LogP contribution >= 0.6 is 0 Å². The van der Waals surface area contributed by atoms with E-state index >= 15 is 0 Å². The second-order valence-electron chi connectivity index (χ2n) is 12.7. The molecule has 13 nitrogen and oxygen atoms in total. The Hall–Kier alpha value is -3.05. The molecule has 48 heavy (non-hydrogen) atoms. The van der Waals surface area contributed by atoms with E-state index in [2.05, 4.69) is 20.2 Å². The highest BCUT2D eigenvalue weighted by molar-refractivity contribution is 5.79. The molecule has 2 aliphatic heterocycles. The highest BCUT2D eigenvalue weighted by Crippen LogP contribution is 2.26. The maximum atomic E-state index is 14.9. The van der Waals surface area contributed by atoms with E-state index in [1.54, 1.807) is 24.4 Å². The summed E-state index contributed by atoms with van der Waals surface area (Å²) in [5.74, 6) is -0.730. The van der Waals surface area contributed by atoms with Crippen LogP contribution in [0.1, 0.15) is 43.2 Å². The van der Waals surface area contributed by atoms with Crippen LogP contribution in [0.4, 0.5) is 14.7 Å². The molecule has 0 saturated carbocycles. The average Bonchev–Trinajstić information content (AvgIpc) is 3.57. The molecule has 1 amide bonds. The van der Waals surface area contributed by atoms with Crippen LogP contribution in [0.3, 0.4) is 0 Å². The fourth-order valence-electron chi connectivity index (χ4n) is 6.18. The van der Waals surface area contributed by atoms with Gasteiger partial charge in [-0.3, -0.25) is 4.79 Å². The Labute approximate surface area is 279 Å². The molecule has 2 saturated heterocycles. The molecule has 0 aliphatic carbocycles. The van der Waals surface area contributed by atoms with Crippen molar-refractivity contribution in [2.45, 2.75) is 69.5 Å². The number of aliphatic hydroxyl groups excluding tert-OH is 5. The molecule has 0 bridgehead atoms. The molecule has 1 aromatic heterocycles. The van der Waals surface area contributed by atoms with Crippen LogP contribution in [-0.4, -0.2) is 130 Å². The molecule has 2 aromatic rings. The summed E-state index contributed by atoms with van der Waals surface area (Å²) in [6, 6.07) is 2.24. The number of hydrogen-bond donors (Lipinski definition) is 6. The van der Waals surface area contributed by atoms with Crippen LogP contribution in [0.15, 0.2) is 24.5 Å². The van der Waals surface area contributed by atoms with Crippen LogP contribution in [0.2, 0.25) is 0 Å². The number of aromatic nitrogens is 2. The van der Waals surface area contributed by atoms with E-state index in [0.717, 1.165) is 62.4 Å². The second-order valence-corrected chi connectivity index (χ2v) is 12.7. The Morgan fingerprint density at radius 3 is 2.29 bits per heavy atom. The number of nitrogens with one attached hydrogen (secondary N) is 1. The third kappa shape index (κ3) is 10.7. The standard InChI is InChI=1S/C33H49F2N5O8/c1-47-20-23-15-37-33(38-16-23)39-7-4-21(5-8-39)3-2-10-48-24-11-26(34)25(27(35)12-24)13-30(44)40-9-6-22(18-40)14-36-17-28(42)31(45)32(46)29(43)19-41/h11-12,15-16,21-22,28-29,31-32,36,41-43,45-46H,2-10,13-14,17-20H2,1H3/t22-,28-,29+,31+,32+/m0/s1. The van der Waals surface area contributed by atoms with E-state index in [-0.39, 0.29) is 23.8 Å². The lowest BCUT2D eigenvalue weighted by atomic mass is 9.92. The summed E-state index contributed by atoms with van der Waals surface area (Å²) in [5.41, 5.74) is 0.622. The predicted octanol–water partition coefficient (Wildman–Crippen LogP) is 0.393. The number of aliphatic hydroxyl groups is 5. The van der Waals surface area contributed by atoms with Crippen molar-refractivity contribution < 1.29 is 48.6 Å². The SMILES string of the molecule is COCc1cnc(N2CCC(CCCOc3cc(F)c(CC(=O)N4CC[C@@H](CNC[C@H](O)[C@@H](O)[C@H](O)[C@H](O)CO)C4)c(F)c3)CC2)nc1. The zero-order valence-electron chi connectivity index (χ0n) is 27.4. The van der Waals surface area contributed by atoms with Gasteiger partial charge < -0.3 is 50.1 Å². The third-order valence-electron chi connectivity index (χ3n) is 9.12. The molecular formula is C33H49F2N5O8. The lowest BCUT2D eigenvalue weighted by Gasteiger charge is -2.32. The molecule has 6 N–H and O–H groups in total. The molecule has 3 heterocycles. The number of nitrogens with zero attached hydrogens (tertiary/aromatic N) is 4. The van der Waals surface area contributed by atoms with Crippen LogP contribution in [0, 0.1) is 23.5 Å². The summed E-state index contributed by atoms with van der Waals surface area (Å²) < 4.78 is 40.6. The first kappa shape index (κ1) is 37.8. The smallest absolute Gasteiger partial charge is 0.227 e. The van der Waals surface area contributed by atoms with E-state index < -0.39 is 55.0 Å². The first-order chi connectivity index (χ1) is 23.1. The van der Waals surface area contributed by atoms with Crippen LogP contribution in [-0.2, 0) is 22.6 Å². The number of piperidine rings is 1. The monoisotopic (exact) mass is 681 g/mol. The number of benzene rings is 1. The van der Waals surface area contributed by atoms with E-state index in [1.165, 1.54) is 0 Å². The van der Waals surface area contributed by atoms with Crippen molar-refractivity contribution in [3.63, 3.8) is 0 Å². The number of likely N-dealkylation sites (tertiary alicyclic amines) is 1. The molecule has 2 fully saturated rings. The molecule has 0 radical (unpaired) electrons. The summed E-state index contributed by atoms with van der Waals surface area (Å²) in [4.78, 5) is 25.5. The van der Waals surface area contributed by atoms with E-state index in [4.69, 9.17) is 14.6 Å². The zero-order chi connectivity index (χ0) is 34.6. The lowest BCUT2D eigenvalue weighted by Crippen LogP contribution is -2.49. The lowest BCUT2D eigenvalue weighted by molar-refractivity contribution is -0.129. The van der Waals surface area contributed by atoms with Crippen molar-refractivity contribution in [2.75, 3.05) is 64.5 Å². The average molecular weight is 682 g/mol. The maximum absolute atomic E-state index is 14.9. The number of methoxy groups -OCH3 is 1. The number of halogens is 2. The van der Waals surface area contributed by atoms with Gasteiger partial charge in [0, 0.05) is 75.5 Å². The van der Waals surface area contributed by atoms with Gasteiger partial charge in [-0.05, 0) is 50.5 Å². The van der Waals surface area contributed by atoms with Crippen LogP contribution < -0.4 is 15.0 Å². The van der Waals surface area contributed by atoms with Gasteiger partial charge in [-0.25, -0.2) is 18.7 Å². The molecule has 1 aromatic carbocycles. The first-order valence-electron chi connectivity index (χ1n) is 16.6. The van der Waals surface area contributed by atoms with Gasteiger partial charge in [-0.2, -0.15) is 0 Å². The van der Waals surface area contributed by atoms with E-state index in [9.17, 15) is 34.0 Å². The minimum Gasteiger partial charge on any atom is -0.493 e. The zero-order valence-corrected chi connectivity index (χ0v) is 27.4. The molecule has 4 rings (SSSR count). The Morgan fingerprint density at radius 1 is 1.00 bits per heavy atom. The number of amides is 1. The van der Waals surface area contributed by atoms with Crippen LogP contribution in [0.5, 0.6) is 5.75 Å². The first-order valence-corrected chi connectivity index (χ1v) is 16.6. The highest BCUT2D eigenvalue weighted by atomic mass is 19.1. The number of ether oxygens (including phenoxy) is 2. The quantitative estimate of drug-likeness (QED) is 0.119. The highest BCUT2D eigenvalue weighted by Gasteiger charge is 2.31. The fraction of sp³-hybridized carbons (Fsp3) is 0.667. The predicted molar refractivity (Wildman–Crippen MR) is 171 cm³/mol. The maximum Gasteiger partial charge on any atom is 0.227 e. The molecule has 0 unspecified atom stereocenters. The number of carbonyl (C=O) groups is 1. The van der Waals surface area contributed by atoms with Gasteiger partial charge in [0.25, 0.3) is 0 Å². The molecule has 0 spiro atoms. The van der Waals surface area contributed by atoms with Gasteiger partial charge >= 0.3 is 0 Å². The summed E-state index contributed by atoms with van der Waals surface area (Å²) in [5, 5.41) is 50.9. The van der Waals surface area contributed by atoms with Crippen molar-refractivity contribution >= 4 is 11.9 Å². The molecule has 5 atom stereocenters. The number of anilines is 1. The van der Waals surface area contributed by atoms with Gasteiger partial charge in [0.2, 0.25) is 11.9 Å². The minimum atomic E-state index is -1.71. The molecule has 2 aliphatic rings. The van der Waals surface area contributed by atoms with Crippen molar-refractivity contribution in [2.24, 2.45) is 11.8 Å². The summed E-state index contributed by atoms with van der Waals surface area (Å²) in [6.45, 7) is 2.83. The van der Waals surface area contributed by atoms with Crippen molar-refractivity contribution in [3.8, 4) is 5.75 Å². The van der Waals surface area contributed by atoms with E-state index in [0.29, 0.717) is 45.2 Å². The number of rotatable bonds is 18. The fourth-order valence-corrected chi connectivity index (χ4v) is 6.18. The van der Waals surface area contributed by atoms with Crippen LogP contribution in [0.25, 0.3) is 0 Å². The Balaban J connectivity index is 1.13. The van der Waals surface area contributed by atoms with Gasteiger partial charge in [-0.15, -0.1) is 0 Å². The van der Waals surface area contributed by atoms with Gasteiger partial charge in [0.1, 0.15) is 35.7 Å². The topological polar surface area (TPSA) is 181 Å². The number of hydrogen-bond acceptors (Lipinski definition) is 12. The Morgan fingerprint density at radius 2 is 1.65 bits per heavy atom. The molecule has 15 heteroatoms. The van der Waals surface area contributed by atoms with Gasteiger partial charge in [-0.1, -0.05) is 0 Å². The normalized spacial score (nSPS) is 19.7. The Bertz CT molecular complexity index is 1260. The Kier molecular flexibility index (Phi) is 14.7. The number of carbonyl (C=O) groups excluding carboxylic acids is 1.